The number of rotatable bonds is 6. The van der Waals surface area contributed by atoms with E-state index in [0.29, 0.717) is 23.5 Å². The predicted molar refractivity (Wildman–Crippen MR) is 131 cm³/mol. The Morgan fingerprint density at radius 3 is 2.63 bits per heavy atom. The number of ether oxygens (including phenoxy) is 2. The van der Waals surface area contributed by atoms with Crippen molar-refractivity contribution in [1.29, 1.82) is 0 Å². The number of aromatic nitrogens is 2. The largest absolute Gasteiger partial charge is 0.483 e. The van der Waals surface area contributed by atoms with Gasteiger partial charge in [-0.05, 0) is 50.5 Å². The third kappa shape index (κ3) is 4.81. The van der Waals surface area contributed by atoms with E-state index in [-0.39, 0.29) is 41.6 Å². The lowest BCUT2D eigenvalue weighted by Crippen LogP contribution is -2.35. The number of para-hydroxylation sites is 1. The first-order valence-corrected chi connectivity index (χ1v) is 12.4. The molecule has 1 aliphatic heterocycles. The van der Waals surface area contributed by atoms with Crippen LogP contribution in [0.3, 0.4) is 0 Å². The van der Waals surface area contributed by atoms with Crippen molar-refractivity contribution in [3.8, 4) is 5.75 Å². The van der Waals surface area contributed by atoms with E-state index in [2.05, 4.69) is 9.97 Å². The van der Waals surface area contributed by atoms with Crippen molar-refractivity contribution in [2.24, 2.45) is 0 Å². The molecule has 2 aromatic heterocycles. The molecule has 4 aromatic rings. The molecule has 5 rings (SSSR count). The highest BCUT2D eigenvalue weighted by Crippen LogP contribution is 2.30. The van der Waals surface area contributed by atoms with Crippen LogP contribution in [0.15, 0.2) is 42.5 Å². The highest BCUT2D eigenvalue weighted by atomic mass is 32.1. The maximum atomic E-state index is 15.0. The SMILES string of the molecule is CCOC(=O)c1cc(C(=O)N2CCCCC2)c2cc(OCc3nc4ccccc4s3)c(F)cc2n1. The van der Waals surface area contributed by atoms with Crippen LogP contribution in [-0.4, -0.2) is 46.4 Å². The molecule has 0 unspecified atom stereocenters. The number of pyridine rings is 1. The number of amides is 1. The van der Waals surface area contributed by atoms with Crippen LogP contribution in [0, 0.1) is 5.82 Å². The Morgan fingerprint density at radius 2 is 1.86 bits per heavy atom. The minimum absolute atomic E-state index is 0.00450. The number of halogens is 1. The van der Waals surface area contributed by atoms with Crippen LogP contribution in [0.25, 0.3) is 21.1 Å². The molecule has 35 heavy (non-hydrogen) atoms. The van der Waals surface area contributed by atoms with Crippen molar-refractivity contribution in [3.05, 3.63) is 64.5 Å². The van der Waals surface area contributed by atoms with Gasteiger partial charge in [-0.3, -0.25) is 4.79 Å². The van der Waals surface area contributed by atoms with Crippen molar-refractivity contribution >= 4 is 44.3 Å². The molecule has 9 heteroatoms. The van der Waals surface area contributed by atoms with Crippen molar-refractivity contribution in [2.75, 3.05) is 19.7 Å². The van der Waals surface area contributed by atoms with Crippen molar-refractivity contribution < 1.29 is 23.5 Å². The molecule has 0 bridgehead atoms. The van der Waals surface area contributed by atoms with Gasteiger partial charge in [-0.2, -0.15) is 0 Å². The second-order valence-corrected chi connectivity index (χ2v) is 9.41. The molecule has 2 aromatic carbocycles. The molecule has 1 saturated heterocycles. The smallest absolute Gasteiger partial charge is 0.356 e. The van der Waals surface area contributed by atoms with Gasteiger partial charge in [0, 0.05) is 24.5 Å². The van der Waals surface area contributed by atoms with E-state index < -0.39 is 11.8 Å². The number of carbonyl (C=O) groups is 2. The van der Waals surface area contributed by atoms with Crippen molar-refractivity contribution in [2.45, 2.75) is 32.8 Å². The molecule has 0 spiro atoms. The van der Waals surface area contributed by atoms with Crippen LogP contribution < -0.4 is 4.74 Å². The van der Waals surface area contributed by atoms with Crippen LogP contribution >= 0.6 is 11.3 Å². The third-order valence-electron chi connectivity index (χ3n) is 5.91. The van der Waals surface area contributed by atoms with Gasteiger partial charge in [0.05, 0.1) is 27.9 Å². The first-order chi connectivity index (χ1) is 17.0. The molecule has 1 amide bonds. The number of thiazole rings is 1. The molecular formula is C26H24FN3O4S. The molecule has 0 saturated carbocycles. The van der Waals surface area contributed by atoms with E-state index in [9.17, 15) is 9.59 Å². The fourth-order valence-corrected chi connectivity index (χ4v) is 5.09. The number of hydrogen-bond donors (Lipinski definition) is 0. The van der Waals surface area contributed by atoms with Crippen molar-refractivity contribution in [3.63, 3.8) is 0 Å². The molecule has 3 heterocycles. The van der Waals surface area contributed by atoms with E-state index in [1.54, 1.807) is 11.8 Å². The highest BCUT2D eigenvalue weighted by Gasteiger charge is 2.24. The van der Waals surface area contributed by atoms with E-state index in [1.807, 2.05) is 24.3 Å². The van der Waals surface area contributed by atoms with E-state index in [4.69, 9.17) is 9.47 Å². The molecule has 0 N–H and O–H groups in total. The van der Waals surface area contributed by atoms with Crippen LogP contribution in [0.1, 0.15) is 52.0 Å². The molecular weight excluding hydrogens is 469 g/mol. The molecule has 1 aliphatic rings. The summed E-state index contributed by atoms with van der Waals surface area (Å²) in [7, 11) is 0. The highest BCUT2D eigenvalue weighted by molar-refractivity contribution is 7.18. The number of nitrogens with zero attached hydrogens (tertiary/aromatic N) is 3. The lowest BCUT2D eigenvalue weighted by molar-refractivity contribution is 0.0520. The molecule has 1 fully saturated rings. The average Bonchev–Trinajstić information content (AvgIpc) is 3.30. The zero-order valence-corrected chi connectivity index (χ0v) is 20.1. The van der Waals surface area contributed by atoms with Gasteiger partial charge in [-0.25, -0.2) is 19.2 Å². The van der Waals surface area contributed by atoms with Crippen LogP contribution in [-0.2, 0) is 11.3 Å². The van der Waals surface area contributed by atoms with Gasteiger partial charge in [0.25, 0.3) is 5.91 Å². The summed E-state index contributed by atoms with van der Waals surface area (Å²) in [4.78, 5) is 36.4. The number of carbonyl (C=O) groups excluding carboxylic acids is 2. The third-order valence-corrected chi connectivity index (χ3v) is 6.92. The number of likely N-dealkylation sites (tertiary alicyclic amines) is 1. The van der Waals surface area contributed by atoms with Crippen molar-refractivity contribution in [1.82, 2.24) is 14.9 Å². The number of piperidine rings is 1. The summed E-state index contributed by atoms with van der Waals surface area (Å²) >= 11 is 1.48. The lowest BCUT2D eigenvalue weighted by Gasteiger charge is -2.27. The predicted octanol–water partition coefficient (Wildman–Crippen LogP) is 5.37. The Hall–Kier alpha value is -3.59. The minimum atomic E-state index is -0.654. The molecule has 0 radical (unpaired) electrons. The second kappa shape index (κ2) is 9.95. The lowest BCUT2D eigenvalue weighted by atomic mass is 10.0. The summed E-state index contributed by atoms with van der Waals surface area (Å²) in [5.41, 5.74) is 1.31. The normalized spacial score (nSPS) is 13.8. The maximum Gasteiger partial charge on any atom is 0.356 e. The van der Waals surface area contributed by atoms with E-state index in [0.717, 1.165) is 29.5 Å². The summed E-state index contributed by atoms with van der Waals surface area (Å²) < 4.78 is 26.9. The Morgan fingerprint density at radius 1 is 1.06 bits per heavy atom. The summed E-state index contributed by atoms with van der Waals surface area (Å²) in [6, 6.07) is 11.8. The maximum absolute atomic E-state index is 15.0. The molecule has 0 aliphatic carbocycles. The Bertz CT molecular complexity index is 1380. The van der Waals surface area contributed by atoms with E-state index in [1.165, 1.54) is 29.5 Å². The van der Waals surface area contributed by atoms with Gasteiger partial charge in [-0.1, -0.05) is 12.1 Å². The first kappa shape index (κ1) is 23.2. The van der Waals surface area contributed by atoms with Crippen LogP contribution in [0.4, 0.5) is 4.39 Å². The fourth-order valence-electron chi connectivity index (χ4n) is 4.21. The first-order valence-electron chi connectivity index (χ1n) is 11.6. The van der Waals surface area contributed by atoms with E-state index >= 15 is 4.39 Å². The zero-order chi connectivity index (χ0) is 24.4. The van der Waals surface area contributed by atoms with Crippen LogP contribution in [0.2, 0.25) is 0 Å². The van der Waals surface area contributed by atoms with Gasteiger partial charge in [0.15, 0.2) is 11.6 Å². The molecule has 180 valence electrons. The summed E-state index contributed by atoms with van der Waals surface area (Å²) in [6.07, 6.45) is 2.92. The summed E-state index contributed by atoms with van der Waals surface area (Å²) in [6.45, 7) is 3.22. The Labute approximate surface area is 205 Å². The fraction of sp³-hybridized carbons (Fsp3) is 0.308. The Balaban J connectivity index is 1.52. The average molecular weight is 494 g/mol. The van der Waals surface area contributed by atoms with Gasteiger partial charge < -0.3 is 14.4 Å². The quantitative estimate of drug-likeness (QED) is 0.336. The monoisotopic (exact) mass is 493 g/mol. The number of hydrogen-bond acceptors (Lipinski definition) is 7. The van der Waals surface area contributed by atoms with Gasteiger partial charge in [0.1, 0.15) is 17.3 Å². The van der Waals surface area contributed by atoms with Gasteiger partial charge in [0.2, 0.25) is 0 Å². The summed E-state index contributed by atoms with van der Waals surface area (Å²) in [5, 5.41) is 1.14. The van der Waals surface area contributed by atoms with Gasteiger partial charge >= 0.3 is 5.97 Å². The zero-order valence-electron chi connectivity index (χ0n) is 19.3. The molecule has 7 nitrogen and oxygen atoms in total. The van der Waals surface area contributed by atoms with Crippen LogP contribution in [0.5, 0.6) is 5.75 Å². The van der Waals surface area contributed by atoms with Gasteiger partial charge in [-0.15, -0.1) is 11.3 Å². The standard InChI is InChI=1S/C26H24FN3O4S/c1-2-33-26(32)21-12-17(25(31)30-10-6-3-7-11-30)16-13-22(18(27)14-20(16)28-21)34-15-24-29-19-8-4-5-9-23(19)35-24/h4-5,8-9,12-14H,2-3,6-7,10-11,15H2,1H3. The second-order valence-electron chi connectivity index (χ2n) is 8.29. The topological polar surface area (TPSA) is 81.6 Å². The number of fused-ring (bicyclic) bond motifs is 2. The molecule has 0 atom stereocenters. The number of esters is 1. The Kier molecular flexibility index (Phi) is 6.59. The minimum Gasteiger partial charge on any atom is -0.483 e. The number of benzene rings is 2. The summed E-state index contributed by atoms with van der Waals surface area (Å²) in [5.74, 6) is -1.51.